The molecule has 0 radical (unpaired) electrons. The Morgan fingerprint density at radius 1 is 0.444 bits per heavy atom. The maximum atomic E-state index is 2.43. The Kier molecular flexibility index (Phi) is 5.58. The second-order valence-electron chi connectivity index (χ2n) is 12.7. The Morgan fingerprint density at radius 3 is 1.96 bits per heavy atom. The maximum Gasteiger partial charge on any atom is 0.0542 e. The molecule has 0 bridgehead atoms. The maximum absolute atomic E-state index is 2.43. The monoisotopic (exact) mass is 576 g/mol. The van der Waals surface area contributed by atoms with Gasteiger partial charge in [-0.05, 0) is 93.7 Å². The van der Waals surface area contributed by atoms with E-state index in [1.54, 1.807) is 0 Å². The Bertz CT molecular complexity index is 2410. The summed E-state index contributed by atoms with van der Waals surface area (Å²) in [4.78, 5) is 2.43. The first-order chi connectivity index (χ1) is 22.1. The van der Waals surface area contributed by atoms with Crippen LogP contribution in [-0.4, -0.2) is 4.57 Å². The minimum absolute atomic E-state index is 0.0793. The van der Waals surface area contributed by atoms with E-state index in [9.17, 15) is 0 Å². The molecule has 1 aliphatic carbocycles. The lowest BCUT2D eigenvalue weighted by atomic mass is 9.82. The van der Waals surface area contributed by atoms with Gasteiger partial charge in [-0.15, -0.1) is 0 Å². The third-order valence-corrected chi connectivity index (χ3v) is 9.75. The SMILES string of the molecule is CC1(C)c2ccccc2-c2ccc(N(c3ccc4ccccc4c3)c3ccc4c(c3)c3ccccc3n4-c3ccccc3)cc21. The summed E-state index contributed by atoms with van der Waals surface area (Å²) in [6.45, 7) is 4.71. The van der Waals surface area contributed by atoms with Gasteiger partial charge in [-0.1, -0.05) is 111 Å². The van der Waals surface area contributed by atoms with Crippen LogP contribution in [0.3, 0.4) is 0 Å². The highest BCUT2D eigenvalue weighted by Crippen LogP contribution is 2.51. The molecule has 7 aromatic carbocycles. The van der Waals surface area contributed by atoms with Gasteiger partial charge in [-0.3, -0.25) is 0 Å². The average molecular weight is 577 g/mol. The second-order valence-corrected chi connectivity index (χ2v) is 12.7. The van der Waals surface area contributed by atoms with Crippen LogP contribution in [0.2, 0.25) is 0 Å². The molecule has 0 unspecified atom stereocenters. The fourth-order valence-corrected chi connectivity index (χ4v) is 7.55. The van der Waals surface area contributed by atoms with E-state index in [-0.39, 0.29) is 5.41 Å². The number of benzene rings is 7. The molecular weight excluding hydrogens is 544 g/mol. The molecule has 0 saturated carbocycles. The first-order valence-electron chi connectivity index (χ1n) is 15.7. The summed E-state index contributed by atoms with van der Waals surface area (Å²) >= 11 is 0. The molecule has 2 heteroatoms. The minimum atomic E-state index is -0.0793. The van der Waals surface area contributed by atoms with Gasteiger partial charge < -0.3 is 9.47 Å². The van der Waals surface area contributed by atoms with Crippen LogP contribution in [0.25, 0.3) is 49.4 Å². The summed E-state index contributed by atoms with van der Waals surface area (Å²) in [5, 5.41) is 4.97. The van der Waals surface area contributed by atoms with Crippen molar-refractivity contribution in [3.8, 4) is 16.8 Å². The van der Waals surface area contributed by atoms with Crippen LogP contribution in [0, 0.1) is 0 Å². The lowest BCUT2D eigenvalue weighted by Crippen LogP contribution is -2.16. The number of fused-ring (bicyclic) bond motifs is 7. The van der Waals surface area contributed by atoms with Crippen molar-refractivity contribution in [2.75, 3.05) is 4.90 Å². The lowest BCUT2D eigenvalue weighted by molar-refractivity contribution is 0.660. The number of aromatic nitrogens is 1. The summed E-state index contributed by atoms with van der Waals surface area (Å²) in [6, 6.07) is 57.7. The summed E-state index contributed by atoms with van der Waals surface area (Å²) in [5.74, 6) is 0. The zero-order valence-corrected chi connectivity index (χ0v) is 25.4. The van der Waals surface area contributed by atoms with E-state index in [1.165, 1.54) is 60.5 Å². The zero-order chi connectivity index (χ0) is 30.1. The predicted molar refractivity (Wildman–Crippen MR) is 191 cm³/mol. The molecule has 45 heavy (non-hydrogen) atoms. The van der Waals surface area contributed by atoms with Gasteiger partial charge in [-0.25, -0.2) is 0 Å². The van der Waals surface area contributed by atoms with Crippen molar-refractivity contribution < 1.29 is 0 Å². The van der Waals surface area contributed by atoms with Gasteiger partial charge in [0.15, 0.2) is 0 Å². The summed E-state index contributed by atoms with van der Waals surface area (Å²) in [7, 11) is 0. The third kappa shape index (κ3) is 3.89. The lowest BCUT2D eigenvalue weighted by Gasteiger charge is -2.28. The Morgan fingerprint density at radius 2 is 1.07 bits per heavy atom. The third-order valence-electron chi connectivity index (χ3n) is 9.75. The van der Waals surface area contributed by atoms with Crippen LogP contribution >= 0.6 is 0 Å². The molecule has 0 saturated heterocycles. The number of hydrogen-bond acceptors (Lipinski definition) is 1. The minimum Gasteiger partial charge on any atom is -0.310 e. The van der Waals surface area contributed by atoms with Gasteiger partial charge in [0, 0.05) is 38.9 Å². The molecule has 2 nitrogen and oxygen atoms in total. The van der Waals surface area contributed by atoms with Crippen molar-refractivity contribution in [1.82, 2.24) is 4.57 Å². The van der Waals surface area contributed by atoms with E-state index in [0.29, 0.717) is 0 Å². The van der Waals surface area contributed by atoms with E-state index in [2.05, 4.69) is 181 Å². The molecular formula is C43H32N2. The molecule has 0 aliphatic heterocycles. The van der Waals surface area contributed by atoms with Crippen LogP contribution < -0.4 is 4.90 Å². The normalized spacial score (nSPS) is 13.3. The van der Waals surface area contributed by atoms with Crippen LogP contribution in [0.5, 0.6) is 0 Å². The summed E-state index contributed by atoms with van der Waals surface area (Å²) < 4.78 is 2.38. The van der Waals surface area contributed by atoms with E-state index < -0.39 is 0 Å². The largest absolute Gasteiger partial charge is 0.310 e. The molecule has 1 aliphatic rings. The second kappa shape index (κ2) is 9.70. The van der Waals surface area contributed by atoms with Crippen molar-refractivity contribution in [3.63, 3.8) is 0 Å². The van der Waals surface area contributed by atoms with Crippen LogP contribution in [0.15, 0.2) is 158 Å². The highest BCUT2D eigenvalue weighted by Gasteiger charge is 2.35. The molecule has 8 aromatic rings. The first kappa shape index (κ1) is 25.9. The van der Waals surface area contributed by atoms with E-state index >= 15 is 0 Å². The van der Waals surface area contributed by atoms with Crippen molar-refractivity contribution in [2.45, 2.75) is 19.3 Å². The molecule has 0 amide bonds. The van der Waals surface area contributed by atoms with Gasteiger partial charge in [0.1, 0.15) is 0 Å². The molecule has 0 atom stereocenters. The van der Waals surface area contributed by atoms with E-state index in [4.69, 9.17) is 0 Å². The topological polar surface area (TPSA) is 8.17 Å². The molecule has 1 aromatic heterocycles. The molecule has 0 fully saturated rings. The molecule has 1 heterocycles. The first-order valence-corrected chi connectivity index (χ1v) is 15.7. The summed E-state index contributed by atoms with van der Waals surface area (Å²) in [6.07, 6.45) is 0. The van der Waals surface area contributed by atoms with Crippen molar-refractivity contribution in [3.05, 3.63) is 169 Å². The molecule has 9 rings (SSSR count). The standard InChI is InChI=1S/C43H32N2/c1-43(2)39-18-10-8-16-35(39)36-24-22-34(28-40(36)43)44(32-21-20-29-12-6-7-13-30(29)26-32)33-23-25-42-38(27-33)37-17-9-11-19-41(37)45(42)31-14-4-3-5-15-31/h3-28H,1-2H3. The van der Waals surface area contributed by atoms with E-state index in [1.807, 2.05) is 0 Å². The number of anilines is 3. The highest BCUT2D eigenvalue weighted by atomic mass is 15.1. The Balaban J connectivity index is 1.29. The van der Waals surface area contributed by atoms with Crippen molar-refractivity contribution >= 4 is 49.6 Å². The van der Waals surface area contributed by atoms with Crippen LogP contribution in [0.4, 0.5) is 17.1 Å². The predicted octanol–water partition coefficient (Wildman–Crippen LogP) is 11.7. The fourth-order valence-electron chi connectivity index (χ4n) is 7.55. The smallest absolute Gasteiger partial charge is 0.0542 e. The molecule has 0 N–H and O–H groups in total. The molecule has 0 spiro atoms. The number of hydrogen-bond donors (Lipinski definition) is 0. The van der Waals surface area contributed by atoms with Gasteiger partial charge >= 0.3 is 0 Å². The van der Waals surface area contributed by atoms with Gasteiger partial charge in [0.25, 0.3) is 0 Å². The Labute approximate surface area is 263 Å². The van der Waals surface area contributed by atoms with Gasteiger partial charge in [0.05, 0.1) is 11.0 Å². The van der Waals surface area contributed by atoms with Crippen LogP contribution in [0.1, 0.15) is 25.0 Å². The summed E-state index contributed by atoms with van der Waals surface area (Å²) in [5.41, 5.74) is 12.4. The van der Waals surface area contributed by atoms with Gasteiger partial charge in [-0.2, -0.15) is 0 Å². The van der Waals surface area contributed by atoms with Crippen molar-refractivity contribution in [2.24, 2.45) is 0 Å². The van der Waals surface area contributed by atoms with Crippen LogP contribution in [-0.2, 0) is 5.41 Å². The average Bonchev–Trinajstić information content (AvgIpc) is 3.54. The van der Waals surface area contributed by atoms with Gasteiger partial charge in [0.2, 0.25) is 0 Å². The number of para-hydroxylation sites is 2. The fraction of sp³-hybridized carbons (Fsp3) is 0.0698. The highest BCUT2D eigenvalue weighted by molar-refractivity contribution is 6.10. The number of rotatable bonds is 4. The zero-order valence-electron chi connectivity index (χ0n) is 25.4. The van der Waals surface area contributed by atoms with E-state index in [0.717, 1.165) is 17.1 Å². The quantitative estimate of drug-likeness (QED) is 0.202. The molecule has 214 valence electrons. The van der Waals surface area contributed by atoms with Crippen molar-refractivity contribution in [1.29, 1.82) is 0 Å². The number of nitrogens with zero attached hydrogens (tertiary/aromatic N) is 2. The Hall–Kier alpha value is -5.60.